The van der Waals surface area contributed by atoms with Crippen molar-refractivity contribution < 1.29 is 19.1 Å². The van der Waals surface area contributed by atoms with E-state index in [9.17, 15) is 14.4 Å². The molecule has 1 unspecified atom stereocenters. The van der Waals surface area contributed by atoms with Crippen LogP contribution in [0.2, 0.25) is 0 Å². The fourth-order valence-corrected chi connectivity index (χ4v) is 4.55. The molecule has 0 saturated heterocycles. The Morgan fingerprint density at radius 3 is 2.59 bits per heavy atom. The topological polar surface area (TPSA) is 93.5 Å². The van der Waals surface area contributed by atoms with Crippen LogP contribution in [0.25, 0.3) is 0 Å². The average molecular weight is 439 g/mol. The number of nitrogens with zero attached hydrogens (tertiary/aromatic N) is 3. The molecule has 0 spiro atoms. The summed E-state index contributed by atoms with van der Waals surface area (Å²) in [6.07, 6.45) is 5.29. The monoisotopic (exact) mass is 438 g/mol. The molecule has 1 saturated carbocycles. The Hall–Kier alpha value is -3.16. The van der Waals surface area contributed by atoms with E-state index in [0.717, 1.165) is 31.2 Å². The zero-order chi connectivity index (χ0) is 22.7. The van der Waals surface area contributed by atoms with E-state index in [2.05, 4.69) is 10.4 Å². The Labute approximate surface area is 187 Å². The summed E-state index contributed by atoms with van der Waals surface area (Å²) in [6.45, 7) is 4.16. The van der Waals surface area contributed by atoms with Gasteiger partial charge in [-0.05, 0) is 32.3 Å². The summed E-state index contributed by atoms with van der Waals surface area (Å²) in [5, 5.41) is 7.48. The second-order valence-corrected chi connectivity index (χ2v) is 8.75. The van der Waals surface area contributed by atoms with Gasteiger partial charge in [0.1, 0.15) is 11.2 Å². The summed E-state index contributed by atoms with van der Waals surface area (Å²) in [5.41, 5.74) is 0.143. The molecule has 1 aromatic heterocycles. The molecule has 2 heterocycles. The molecule has 1 fully saturated rings. The van der Waals surface area contributed by atoms with E-state index in [-0.39, 0.29) is 48.9 Å². The van der Waals surface area contributed by atoms with Crippen molar-refractivity contribution in [3.05, 3.63) is 53.3 Å². The number of amides is 2. The van der Waals surface area contributed by atoms with Crippen molar-refractivity contribution in [1.29, 1.82) is 0 Å². The van der Waals surface area contributed by atoms with Crippen LogP contribution in [0.3, 0.4) is 0 Å². The molecule has 0 bridgehead atoms. The maximum absolute atomic E-state index is 13.6. The molecule has 2 aromatic rings. The summed E-state index contributed by atoms with van der Waals surface area (Å²) < 4.78 is 6.51. The predicted octanol–water partition coefficient (Wildman–Crippen LogP) is 2.92. The highest BCUT2D eigenvalue weighted by atomic mass is 16.5. The Morgan fingerprint density at radius 2 is 1.91 bits per heavy atom. The lowest BCUT2D eigenvalue weighted by Gasteiger charge is -2.44. The van der Waals surface area contributed by atoms with Crippen LogP contribution in [0.5, 0.6) is 0 Å². The molecule has 1 aliphatic carbocycles. The van der Waals surface area contributed by atoms with Crippen LogP contribution in [0, 0.1) is 0 Å². The summed E-state index contributed by atoms with van der Waals surface area (Å²) >= 11 is 0. The van der Waals surface area contributed by atoms with Crippen molar-refractivity contribution in [1.82, 2.24) is 20.0 Å². The molecule has 0 radical (unpaired) electrons. The van der Waals surface area contributed by atoms with E-state index in [0.29, 0.717) is 0 Å². The first-order chi connectivity index (χ1) is 15.4. The number of esters is 1. The zero-order valence-electron chi connectivity index (χ0n) is 18.7. The van der Waals surface area contributed by atoms with Crippen molar-refractivity contribution in [3.8, 4) is 0 Å². The normalized spacial score (nSPS) is 21.2. The van der Waals surface area contributed by atoms with Gasteiger partial charge in [0, 0.05) is 18.7 Å². The summed E-state index contributed by atoms with van der Waals surface area (Å²) in [4.78, 5) is 40.9. The lowest BCUT2D eigenvalue weighted by atomic mass is 9.91. The third kappa shape index (κ3) is 4.26. The van der Waals surface area contributed by atoms with Gasteiger partial charge in [0.05, 0.1) is 13.2 Å². The molecule has 2 amide bonds. The molecule has 1 aliphatic heterocycles. The largest absolute Gasteiger partial charge is 0.461 e. The average Bonchev–Trinajstić information content (AvgIpc) is 3.22. The van der Waals surface area contributed by atoms with E-state index in [1.165, 1.54) is 17.2 Å². The molecule has 32 heavy (non-hydrogen) atoms. The first kappa shape index (κ1) is 22.0. The lowest BCUT2D eigenvalue weighted by molar-refractivity contribution is -0.134. The van der Waals surface area contributed by atoms with Gasteiger partial charge in [0.15, 0.2) is 5.69 Å². The van der Waals surface area contributed by atoms with Crippen LogP contribution in [-0.4, -0.2) is 50.7 Å². The summed E-state index contributed by atoms with van der Waals surface area (Å²) in [5.74, 6) is -1.10. The zero-order valence-corrected chi connectivity index (χ0v) is 18.7. The molecule has 8 nitrogen and oxygen atoms in total. The molecular formula is C24H30N4O4. The smallest absolute Gasteiger partial charge is 0.358 e. The SMILES string of the molecule is CCOC(=O)c1cc2n(n1)CC(C)(C(=O)NC1CCCCC1)N(Cc1ccccc1)C2=O. The molecule has 8 heteroatoms. The quantitative estimate of drug-likeness (QED) is 0.700. The number of fused-ring (bicyclic) bond motifs is 1. The Kier molecular flexibility index (Phi) is 6.30. The van der Waals surface area contributed by atoms with Gasteiger partial charge in [-0.1, -0.05) is 49.6 Å². The van der Waals surface area contributed by atoms with E-state index in [4.69, 9.17) is 4.74 Å². The lowest BCUT2D eigenvalue weighted by Crippen LogP contribution is -2.64. The van der Waals surface area contributed by atoms with Crippen LogP contribution >= 0.6 is 0 Å². The van der Waals surface area contributed by atoms with Crippen molar-refractivity contribution in [2.24, 2.45) is 0 Å². The van der Waals surface area contributed by atoms with Gasteiger partial charge >= 0.3 is 5.97 Å². The van der Waals surface area contributed by atoms with Crippen LogP contribution in [0.1, 0.15) is 72.5 Å². The number of carbonyl (C=O) groups is 3. The summed E-state index contributed by atoms with van der Waals surface area (Å²) in [6, 6.07) is 11.2. The van der Waals surface area contributed by atoms with Gasteiger partial charge in [-0.15, -0.1) is 0 Å². The third-order valence-electron chi connectivity index (χ3n) is 6.40. The van der Waals surface area contributed by atoms with Gasteiger partial charge in [0.2, 0.25) is 5.91 Å². The Morgan fingerprint density at radius 1 is 1.19 bits per heavy atom. The third-order valence-corrected chi connectivity index (χ3v) is 6.40. The van der Waals surface area contributed by atoms with E-state index in [1.54, 1.807) is 18.7 Å². The number of hydrogen-bond acceptors (Lipinski definition) is 5. The van der Waals surface area contributed by atoms with Crippen molar-refractivity contribution in [2.45, 2.75) is 70.6 Å². The Bertz CT molecular complexity index is 997. The van der Waals surface area contributed by atoms with E-state index < -0.39 is 11.5 Å². The fraction of sp³-hybridized carbons (Fsp3) is 0.500. The number of rotatable bonds is 6. The molecule has 170 valence electrons. The maximum atomic E-state index is 13.6. The number of nitrogens with one attached hydrogen (secondary N) is 1. The van der Waals surface area contributed by atoms with Crippen LogP contribution in [-0.2, 0) is 22.6 Å². The fourth-order valence-electron chi connectivity index (χ4n) is 4.55. The number of hydrogen-bond donors (Lipinski definition) is 1. The van der Waals surface area contributed by atoms with Crippen molar-refractivity contribution in [2.75, 3.05) is 6.61 Å². The minimum atomic E-state index is -1.14. The second kappa shape index (κ2) is 9.14. The minimum absolute atomic E-state index is 0.0757. The Balaban J connectivity index is 1.67. The maximum Gasteiger partial charge on any atom is 0.358 e. The predicted molar refractivity (Wildman–Crippen MR) is 118 cm³/mol. The molecular weight excluding hydrogens is 408 g/mol. The summed E-state index contributed by atoms with van der Waals surface area (Å²) in [7, 11) is 0. The molecule has 1 aromatic carbocycles. The molecule has 1 N–H and O–H groups in total. The highest BCUT2D eigenvalue weighted by Gasteiger charge is 2.48. The van der Waals surface area contributed by atoms with Crippen LogP contribution in [0.4, 0.5) is 0 Å². The molecule has 4 rings (SSSR count). The van der Waals surface area contributed by atoms with E-state index >= 15 is 0 Å². The highest BCUT2D eigenvalue weighted by molar-refractivity contribution is 6.01. The van der Waals surface area contributed by atoms with Gasteiger partial charge in [-0.3, -0.25) is 14.3 Å². The van der Waals surface area contributed by atoms with Crippen molar-refractivity contribution >= 4 is 17.8 Å². The molecule has 2 aliphatic rings. The van der Waals surface area contributed by atoms with Crippen LogP contribution < -0.4 is 5.32 Å². The molecule has 1 atom stereocenters. The van der Waals surface area contributed by atoms with Gasteiger partial charge < -0.3 is 15.0 Å². The van der Waals surface area contributed by atoms with Gasteiger partial charge in [-0.2, -0.15) is 5.10 Å². The number of benzene rings is 1. The highest BCUT2D eigenvalue weighted by Crippen LogP contribution is 2.30. The minimum Gasteiger partial charge on any atom is -0.461 e. The van der Waals surface area contributed by atoms with Crippen LogP contribution in [0.15, 0.2) is 36.4 Å². The number of ether oxygens (including phenoxy) is 1. The number of aromatic nitrogens is 2. The standard InChI is InChI=1S/C24H30N4O4/c1-3-32-22(30)19-14-20-21(29)27(15-17-10-6-4-7-11-17)24(2,16-28(20)26-19)23(31)25-18-12-8-5-9-13-18/h4,6-7,10-11,14,18H,3,5,8-9,12-13,15-16H2,1-2H3,(H,25,31). The van der Waals surface area contributed by atoms with Crippen molar-refractivity contribution in [3.63, 3.8) is 0 Å². The first-order valence-electron chi connectivity index (χ1n) is 11.3. The second-order valence-electron chi connectivity index (χ2n) is 8.75. The number of carbonyl (C=O) groups excluding carboxylic acids is 3. The van der Waals surface area contributed by atoms with Gasteiger partial charge in [-0.25, -0.2) is 4.79 Å². The van der Waals surface area contributed by atoms with E-state index in [1.807, 2.05) is 30.3 Å². The first-order valence-corrected chi connectivity index (χ1v) is 11.3. The van der Waals surface area contributed by atoms with Gasteiger partial charge in [0.25, 0.3) is 5.91 Å².